The average molecular weight is 386 g/mol. The van der Waals surface area contributed by atoms with Crippen LogP contribution in [0, 0.1) is 17.0 Å². The summed E-state index contributed by atoms with van der Waals surface area (Å²) in [6.45, 7) is 1.76. The molecule has 3 aromatic rings. The minimum absolute atomic E-state index is 0.133. The van der Waals surface area contributed by atoms with Gasteiger partial charge in [0.05, 0.1) is 4.92 Å². The van der Waals surface area contributed by atoms with Crippen molar-refractivity contribution in [3.63, 3.8) is 0 Å². The number of aryl methyl sites for hydroxylation is 1. The van der Waals surface area contributed by atoms with E-state index in [1.54, 1.807) is 24.6 Å². The van der Waals surface area contributed by atoms with E-state index in [4.69, 9.17) is 0 Å². The Morgan fingerprint density at radius 3 is 2.69 bits per heavy atom. The van der Waals surface area contributed by atoms with Gasteiger partial charge in [-0.15, -0.1) is 10.2 Å². The third kappa shape index (κ3) is 4.24. The molecular weight excluding hydrogens is 372 g/mol. The van der Waals surface area contributed by atoms with Gasteiger partial charge in [0.2, 0.25) is 5.91 Å². The molecule has 2 aromatic carbocycles. The Labute approximate surface area is 157 Å². The molecule has 0 unspecified atom stereocenters. The van der Waals surface area contributed by atoms with Crippen LogP contribution >= 0.6 is 23.1 Å². The molecule has 1 N–H and O–H groups in total. The summed E-state index contributed by atoms with van der Waals surface area (Å²) in [5, 5.41) is 21.1. The number of nitro benzene ring substituents is 1. The van der Waals surface area contributed by atoms with Crippen LogP contribution in [-0.4, -0.2) is 21.0 Å². The first-order chi connectivity index (χ1) is 12.5. The number of carbonyl (C=O) groups is 1. The number of nitro groups is 1. The number of rotatable bonds is 6. The molecule has 1 amide bonds. The van der Waals surface area contributed by atoms with E-state index < -0.39 is 10.2 Å². The maximum absolute atomic E-state index is 12.9. The molecule has 26 heavy (non-hydrogen) atoms. The van der Waals surface area contributed by atoms with E-state index >= 15 is 0 Å². The van der Waals surface area contributed by atoms with E-state index in [2.05, 4.69) is 15.5 Å². The minimum atomic E-state index is -0.606. The van der Waals surface area contributed by atoms with Crippen molar-refractivity contribution in [3.8, 4) is 0 Å². The van der Waals surface area contributed by atoms with E-state index in [0.29, 0.717) is 4.34 Å². The van der Waals surface area contributed by atoms with Crippen LogP contribution in [0.2, 0.25) is 0 Å². The molecule has 1 heterocycles. The number of nitrogens with one attached hydrogen (secondary N) is 1. The van der Waals surface area contributed by atoms with Gasteiger partial charge in [-0.3, -0.25) is 14.9 Å². The number of nitrogens with zero attached hydrogens (tertiary/aromatic N) is 3. The zero-order valence-electron chi connectivity index (χ0n) is 13.7. The number of aromatic nitrogens is 2. The van der Waals surface area contributed by atoms with Gasteiger partial charge in [0, 0.05) is 6.07 Å². The lowest BCUT2D eigenvalue weighted by atomic mass is 10.1. The second-order valence-corrected chi connectivity index (χ2v) is 7.57. The molecule has 132 valence electrons. The molecule has 1 atom stereocenters. The summed E-state index contributed by atoms with van der Waals surface area (Å²) in [7, 11) is 0. The molecule has 0 aliphatic carbocycles. The van der Waals surface area contributed by atoms with E-state index in [9.17, 15) is 14.9 Å². The Bertz CT molecular complexity index is 917. The number of hydrogen-bond acceptors (Lipinski definition) is 7. The van der Waals surface area contributed by atoms with Crippen LogP contribution in [0.3, 0.4) is 0 Å². The highest BCUT2D eigenvalue weighted by Crippen LogP contribution is 2.37. The lowest BCUT2D eigenvalue weighted by molar-refractivity contribution is -0.384. The highest BCUT2D eigenvalue weighted by Gasteiger charge is 2.26. The smallest absolute Gasteiger partial charge is 0.293 e. The number of hydrogen-bond donors (Lipinski definition) is 1. The van der Waals surface area contributed by atoms with E-state index in [1.165, 1.54) is 29.2 Å². The molecule has 0 saturated carbocycles. The summed E-state index contributed by atoms with van der Waals surface area (Å²) < 4.78 is 0.646. The Kier molecular flexibility index (Phi) is 5.59. The third-order valence-electron chi connectivity index (χ3n) is 3.51. The number of carbonyl (C=O) groups excluding carboxylic acids is 1. The van der Waals surface area contributed by atoms with Crippen LogP contribution in [0.4, 0.5) is 11.4 Å². The molecule has 0 radical (unpaired) electrons. The van der Waals surface area contributed by atoms with Crippen molar-refractivity contribution in [1.29, 1.82) is 0 Å². The molecule has 0 spiro atoms. The summed E-state index contributed by atoms with van der Waals surface area (Å²) in [6.07, 6.45) is 0. The Balaban J connectivity index is 1.90. The number of benzene rings is 2. The first-order valence-electron chi connectivity index (χ1n) is 7.58. The van der Waals surface area contributed by atoms with Gasteiger partial charge in [-0.25, -0.2) is 0 Å². The quantitative estimate of drug-likeness (QED) is 0.387. The van der Waals surface area contributed by atoms with Crippen molar-refractivity contribution in [2.75, 3.05) is 5.32 Å². The second kappa shape index (κ2) is 8.07. The SMILES string of the molecule is Cc1ccc(NC(=O)[C@@H](Sc2nncs2)c2ccccc2)c([N+](=O)[O-])c1. The van der Waals surface area contributed by atoms with Crippen LogP contribution in [-0.2, 0) is 4.79 Å². The van der Waals surface area contributed by atoms with Crippen LogP contribution < -0.4 is 5.32 Å². The van der Waals surface area contributed by atoms with Gasteiger partial charge >= 0.3 is 0 Å². The van der Waals surface area contributed by atoms with Gasteiger partial charge in [0.15, 0.2) is 4.34 Å². The Morgan fingerprint density at radius 2 is 2.04 bits per heavy atom. The lowest BCUT2D eigenvalue weighted by Gasteiger charge is -2.15. The summed E-state index contributed by atoms with van der Waals surface area (Å²) in [4.78, 5) is 23.7. The predicted molar refractivity (Wildman–Crippen MR) is 101 cm³/mol. The Morgan fingerprint density at radius 1 is 1.27 bits per heavy atom. The largest absolute Gasteiger partial charge is 0.319 e. The Hall–Kier alpha value is -2.78. The molecule has 0 aliphatic heterocycles. The highest BCUT2D eigenvalue weighted by atomic mass is 32.2. The van der Waals surface area contributed by atoms with Crippen LogP contribution in [0.15, 0.2) is 58.4 Å². The monoisotopic (exact) mass is 386 g/mol. The summed E-state index contributed by atoms with van der Waals surface area (Å²) in [5.74, 6) is -0.358. The van der Waals surface area contributed by atoms with Gasteiger partial charge in [-0.2, -0.15) is 0 Å². The molecule has 9 heteroatoms. The van der Waals surface area contributed by atoms with E-state index in [-0.39, 0.29) is 17.3 Å². The van der Waals surface area contributed by atoms with Gasteiger partial charge in [-0.05, 0) is 24.1 Å². The average Bonchev–Trinajstić information content (AvgIpc) is 3.15. The van der Waals surface area contributed by atoms with Gasteiger partial charge in [0.1, 0.15) is 16.4 Å². The van der Waals surface area contributed by atoms with Crippen molar-refractivity contribution < 1.29 is 9.72 Å². The van der Waals surface area contributed by atoms with Gasteiger partial charge in [-0.1, -0.05) is 59.5 Å². The van der Waals surface area contributed by atoms with Crippen LogP contribution in [0.1, 0.15) is 16.4 Å². The maximum atomic E-state index is 12.9. The fourth-order valence-corrected chi connectivity index (χ4v) is 3.99. The first-order valence-corrected chi connectivity index (χ1v) is 9.34. The molecule has 7 nitrogen and oxygen atoms in total. The molecule has 0 saturated heterocycles. The van der Waals surface area contributed by atoms with Crippen molar-refractivity contribution in [1.82, 2.24) is 10.2 Å². The summed E-state index contributed by atoms with van der Waals surface area (Å²) in [6, 6.07) is 13.9. The predicted octanol–water partition coefficient (Wildman–Crippen LogP) is 4.23. The van der Waals surface area contributed by atoms with Crippen molar-refractivity contribution in [2.24, 2.45) is 0 Å². The third-order valence-corrected chi connectivity index (χ3v) is 5.57. The van der Waals surface area contributed by atoms with Gasteiger partial charge < -0.3 is 5.32 Å². The molecule has 0 bridgehead atoms. The second-order valence-electron chi connectivity index (χ2n) is 5.38. The normalized spacial score (nSPS) is 11.7. The minimum Gasteiger partial charge on any atom is -0.319 e. The summed E-state index contributed by atoms with van der Waals surface area (Å²) >= 11 is 2.59. The standard InChI is InChI=1S/C17H14N4O3S2/c1-11-7-8-13(14(9-11)21(23)24)19-16(22)15(12-5-3-2-4-6-12)26-17-20-18-10-25-17/h2-10,15H,1H3,(H,19,22)/t15-/m0/s1. The number of amides is 1. The highest BCUT2D eigenvalue weighted by molar-refractivity contribution is 8.01. The maximum Gasteiger partial charge on any atom is 0.293 e. The molecule has 0 fully saturated rings. The van der Waals surface area contributed by atoms with Crippen LogP contribution in [0.5, 0.6) is 0 Å². The molecule has 1 aromatic heterocycles. The van der Waals surface area contributed by atoms with E-state index in [0.717, 1.165) is 11.1 Å². The van der Waals surface area contributed by atoms with Crippen LogP contribution in [0.25, 0.3) is 0 Å². The fraction of sp³-hybridized carbons (Fsp3) is 0.118. The van der Waals surface area contributed by atoms with Gasteiger partial charge in [0.25, 0.3) is 5.69 Å². The zero-order chi connectivity index (χ0) is 18.5. The summed E-state index contributed by atoms with van der Waals surface area (Å²) in [5.41, 5.74) is 3.15. The topological polar surface area (TPSA) is 98.0 Å². The zero-order valence-corrected chi connectivity index (χ0v) is 15.3. The fourth-order valence-electron chi connectivity index (χ4n) is 2.31. The van der Waals surface area contributed by atoms with Crippen molar-refractivity contribution in [2.45, 2.75) is 16.5 Å². The number of thioether (sulfide) groups is 1. The number of anilines is 1. The molecule has 3 rings (SSSR count). The first kappa shape index (κ1) is 18.0. The van der Waals surface area contributed by atoms with Crippen molar-refractivity contribution >= 4 is 40.4 Å². The molecular formula is C17H14N4O3S2. The van der Waals surface area contributed by atoms with Crippen molar-refractivity contribution in [3.05, 3.63) is 75.3 Å². The van der Waals surface area contributed by atoms with E-state index in [1.807, 2.05) is 30.3 Å². The molecule has 0 aliphatic rings. The lowest BCUT2D eigenvalue weighted by Crippen LogP contribution is -2.19.